The molecule has 1 aromatic carbocycles. The van der Waals surface area contributed by atoms with E-state index in [0.717, 1.165) is 6.54 Å². The SMILES string of the molecule is Cc1c(Br)cccc1[C@H]1CCCN1. The highest BCUT2D eigenvalue weighted by Crippen LogP contribution is 2.29. The number of benzene rings is 1. The van der Waals surface area contributed by atoms with Gasteiger partial charge in [-0.1, -0.05) is 28.1 Å². The van der Waals surface area contributed by atoms with Gasteiger partial charge in [0.25, 0.3) is 0 Å². The van der Waals surface area contributed by atoms with Gasteiger partial charge in [0, 0.05) is 10.5 Å². The lowest BCUT2D eigenvalue weighted by atomic mass is 10.0. The van der Waals surface area contributed by atoms with Crippen molar-refractivity contribution in [1.82, 2.24) is 5.32 Å². The Morgan fingerprint density at radius 3 is 3.00 bits per heavy atom. The van der Waals surface area contributed by atoms with Gasteiger partial charge in [-0.05, 0) is 43.5 Å². The highest BCUT2D eigenvalue weighted by Gasteiger charge is 2.18. The standard InChI is InChI=1S/C11H14BrN/c1-8-9(4-2-5-10(8)12)11-6-3-7-13-11/h2,4-5,11,13H,3,6-7H2,1H3/t11-/m1/s1. The average molecular weight is 240 g/mol. The fourth-order valence-electron chi connectivity index (χ4n) is 1.95. The van der Waals surface area contributed by atoms with Crippen LogP contribution in [-0.2, 0) is 0 Å². The van der Waals surface area contributed by atoms with Crippen LogP contribution in [0.3, 0.4) is 0 Å². The molecule has 0 unspecified atom stereocenters. The van der Waals surface area contributed by atoms with Crippen molar-refractivity contribution in [2.75, 3.05) is 6.54 Å². The summed E-state index contributed by atoms with van der Waals surface area (Å²) in [4.78, 5) is 0. The van der Waals surface area contributed by atoms with E-state index >= 15 is 0 Å². The number of rotatable bonds is 1. The summed E-state index contributed by atoms with van der Waals surface area (Å²) in [6.07, 6.45) is 2.58. The van der Waals surface area contributed by atoms with E-state index in [9.17, 15) is 0 Å². The molecular formula is C11H14BrN. The van der Waals surface area contributed by atoms with Crippen molar-refractivity contribution in [2.45, 2.75) is 25.8 Å². The van der Waals surface area contributed by atoms with Crippen LogP contribution in [-0.4, -0.2) is 6.54 Å². The Morgan fingerprint density at radius 1 is 1.46 bits per heavy atom. The van der Waals surface area contributed by atoms with E-state index < -0.39 is 0 Å². The molecule has 1 aromatic rings. The minimum atomic E-state index is 0.581. The molecule has 70 valence electrons. The maximum atomic E-state index is 3.57. The smallest absolute Gasteiger partial charge is 0.0323 e. The fourth-order valence-corrected chi connectivity index (χ4v) is 2.33. The van der Waals surface area contributed by atoms with Gasteiger partial charge in [-0.3, -0.25) is 0 Å². The van der Waals surface area contributed by atoms with Crippen LogP contribution in [0.2, 0.25) is 0 Å². The maximum absolute atomic E-state index is 3.57. The largest absolute Gasteiger partial charge is 0.310 e. The van der Waals surface area contributed by atoms with Crippen molar-refractivity contribution >= 4 is 15.9 Å². The second kappa shape index (κ2) is 3.81. The van der Waals surface area contributed by atoms with Gasteiger partial charge >= 0.3 is 0 Å². The molecule has 2 heteroatoms. The molecule has 1 aliphatic heterocycles. The summed E-state index contributed by atoms with van der Waals surface area (Å²) >= 11 is 3.57. The van der Waals surface area contributed by atoms with Gasteiger partial charge < -0.3 is 5.32 Å². The van der Waals surface area contributed by atoms with E-state index in [1.807, 2.05) is 0 Å². The number of halogens is 1. The van der Waals surface area contributed by atoms with Gasteiger partial charge in [0.1, 0.15) is 0 Å². The Kier molecular flexibility index (Phi) is 2.70. The Morgan fingerprint density at radius 2 is 2.31 bits per heavy atom. The summed E-state index contributed by atoms with van der Waals surface area (Å²) in [5.41, 5.74) is 2.83. The molecule has 1 nitrogen and oxygen atoms in total. The summed E-state index contributed by atoms with van der Waals surface area (Å²) < 4.78 is 1.22. The van der Waals surface area contributed by atoms with Gasteiger partial charge in [-0.15, -0.1) is 0 Å². The first-order chi connectivity index (χ1) is 6.29. The molecule has 13 heavy (non-hydrogen) atoms. The van der Waals surface area contributed by atoms with Crippen molar-refractivity contribution in [1.29, 1.82) is 0 Å². The van der Waals surface area contributed by atoms with Crippen LogP contribution in [0.25, 0.3) is 0 Å². The maximum Gasteiger partial charge on any atom is 0.0323 e. The molecule has 1 heterocycles. The van der Waals surface area contributed by atoms with Gasteiger partial charge in [-0.25, -0.2) is 0 Å². The van der Waals surface area contributed by atoms with Crippen LogP contribution in [0.5, 0.6) is 0 Å². The Labute approximate surface area is 87.7 Å². The van der Waals surface area contributed by atoms with Gasteiger partial charge in [0.15, 0.2) is 0 Å². The molecule has 0 aromatic heterocycles. The zero-order chi connectivity index (χ0) is 9.26. The number of nitrogens with one attached hydrogen (secondary N) is 1. The normalized spacial score (nSPS) is 22.2. The molecular weight excluding hydrogens is 226 g/mol. The number of hydrogen-bond acceptors (Lipinski definition) is 1. The molecule has 2 rings (SSSR count). The Balaban J connectivity index is 2.33. The zero-order valence-corrected chi connectivity index (χ0v) is 9.39. The fraction of sp³-hybridized carbons (Fsp3) is 0.455. The van der Waals surface area contributed by atoms with Crippen LogP contribution in [0, 0.1) is 6.92 Å². The van der Waals surface area contributed by atoms with Crippen LogP contribution in [0.1, 0.15) is 30.0 Å². The summed E-state index contributed by atoms with van der Waals surface area (Å²) in [5.74, 6) is 0. The van der Waals surface area contributed by atoms with Crippen LogP contribution in [0.4, 0.5) is 0 Å². The lowest BCUT2D eigenvalue weighted by Crippen LogP contribution is -2.13. The third-order valence-corrected chi connectivity index (χ3v) is 3.60. The molecule has 1 N–H and O–H groups in total. The molecule has 1 atom stereocenters. The lowest BCUT2D eigenvalue weighted by Gasteiger charge is -2.14. The van der Waals surface area contributed by atoms with E-state index in [-0.39, 0.29) is 0 Å². The van der Waals surface area contributed by atoms with Crippen molar-refractivity contribution in [3.05, 3.63) is 33.8 Å². The van der Waals surface area contributed by atoms with Crippen molar-refractivity contribution in [2.24, 2.45) is 0 Å². The second-order valence-corrected chi connectivity index (χ2v) is 4.46. The van der Waals surface area contributed by atoms with Gasteiger partial charge in [0.2, 0.25) is 0 Å². The molecule has 0 spiro atoms. The molecule has 1 fully saturated rings. The van der Waals surface area contributed by atoms with E-state index in [1.165, 1.54) is 28.4 Å². The summed E-state index contributed by atoms with van der Waals surface area (Å²) in [5, 5.41) is 3.52. The predicted molar refractivity (Wildman–Crippen MR) is 58.9 cm³/mol. The second-order valence-electron chi connectivity index (χ2n) is 3.60. The Bertz CT molecular complexity index is 303. The van der Waals surface area contributed by atoms with E-state index in [4.69, 9.17) is 0 Å². The van der Waals surface area contributed by atoms with Gasteiger partial charge in [-0.2, -0.15) is 0 Å². The lowest BCUT2D eigenvalue weighted by molar-refractivity contribution is 0.643. The Hall–Kier alpha value is -0.340. The number of hydrogen-bond donors (Lipinski definition) is 1. The first-order valence-corrected chi connectivity index (χ1v) is 5.57. The zero-order valence-electron chi connectivity index (χ0n) is 7.81. The highest BCUT2D eigenvalue weighted by molar-refractivity contribution is 9.10. The first kappa shape index (κ1) is 9.22. The van der Waals surface area contributed by atoms with Crippen LogP contribution < -0.4 is 5.32 Å². The minimum Gasteiger partial charge on any atom is -0.310 e. The monoisotopic (exact) mass is 239 g/mol. The highest BCUT2D eigenvalue weighted by atomic mass is 79.9. The first-order valence-electron chi connectivity index (χ1n) is 4.77. The average Bonchev–Trinajstić information content (AvgIpc) is 2.62. The van der Waals surface area contributed by atoms with E-state index in [2.05, 4.69) is 46.4 Å². The third kappa shape index (κ3) is 1.79. The molecule has 0 saturated carbocycles. The molecule has 0 amide bonds. The summed E-state index contributed by atoms with van der Waals surface area (Å²) in [6.45, 7) is 3.34. The molecule has 0 radical (unpaired) electrons. The van der Waals surface area contributed by atoms with Crippen molar-refractivity contribution in [3.8, 4) is 0 Å². The molecule has 0 bridgehead atoms. The van der Waals surface area contributed by atoms with Crippen molar-refractivity contribution < 1.29 is 0 Å². The topological polar surface area (TPSA) is 12.0 Å². The molecule has 0 aliphatic carbocycles. The third-order valence-electron chi connectivity index (χ3n) is 2.75. The van der Waals surface area contributed by atoms with Crippen LogP contribution >= 0.6 is 15.9 Å². The van der Waals surface area contributed by atoms with E-state index in [1.54, 1.807) is 0 Å². The molecule has 1 saturated heterocycles. The minimum absolute atomic E-state index is 0.581. The van der Waals surface area contributed by atoms with Gasteiger partial charge in [0.05, 0.1) is 0 Å². The molecule has 1 aliphatic rings. The summed E-state index contributed by atoms with van der Waals surface area (Å²) in [6, 6.07) is 7.03. The van der Waals surface area contributed by atoms with Crippen LogP contribution in [0.15, 0.2) is 22.7 Å². The van der Waals surface area contributed by atoms with Crippen molar-refractivity contribution in [3.63, 3.8) is 0 Å². The van der Waals surface area contributed by atoms with E-state index in [0.29, 0.717) is 6.04 Å². The quantitative estimate of drug-likeness (QED) is 0.794. The predicted octanol–water partition coefficient (Wildman–Crippen LogP) is 3.18. The summed E-state index contributed by atoms with van der Waals surface area (Å²) in [7, 11) is 0.